The zero-order valence-corrected chi connectivity index (χ0v) is 13.9. The summed E-state index contributed by atoms with van der Waals surface area (Å²) in [4.78, 5) is 25.9. The summed E-state index contributed by atoms with van der Waals surface area (Å²) >= 11 is 6.16. The number of aromatic nitrogens is 2. The van der Waals surface area contributed by atoms with Gasteiger partial charge in [0, 0.05) is 11.6 Å². The predicted octanol–water partition coefficient (Wildman–Crippen LogP) is 2.46. The van der Waals surface area contributed by atoms with Crippen molar-refractivity contribution < 1.29 is 9.59 Å². The maximum absolute atomic E-state index is 12.8. The van der Waals surface area contributed by atoms with Crippen LogP contribution in [0.25, 0.3) is 0 Å². The minimum Gasteiger partial charge on any atom is -0.364 e. The first-order valence-electron chi connectivity index (χ1n) is 7.94. The van der Waals surface area contributed by atoms with Crippen LogP contribution in [0.15, 0.2) is 30.3 Å². The van der Waals surface area contributed by atoms with Crippen LogP contribution in [0, 0.1) is 0 Å². The van der Waals surface area contributed by atoms with Gasteiger partial charge < -0.3 is 10.6 Å². The van der Waals surface area contributed by atoms with Gasteiger partial charge in [-0.2, -0.15) is 5.10 Å². The van der Waals surface area contributed by atoms with Crippen LogP contribution in [0.4, 0.5) is 0 Å². The lowest BCUT2D eigenvalue weighted by Gasteiger charge is -2.35. The highest BCUT2D eigenvalue weighted by Gasteiger charge is 2.29. The van der Waals surface area contributed by atoms with Crippen LogP contribution < -0.4 is 5.73 Å². The lowest BCUT2D eigenvalue weighted by Crippen LogP contribution is -2.39. The second-order valence-corrected chi connectivity index (χ2v) is 6.35. The Kier molecular flexibility index (Phi) is 4.85. The van der Waals surface area contributed by atoms with E-state index < -0.39 is 5.91 Å². The molecule has 1 aliphatic rings. The Morgan fingerprint density at radius 1 is 1.33 bits per heavy atom. The third kappa shape index (κ3) is 3.43. The molecular weight excluding hydrogens is 328 g/mol. The molecule has 1 unspecified atom stereocenters. The maximum atomic E-state index is 12.8. The number of piperidine rings is 1. The average Bonchev–Trinajstić information content (AvgIpc) is 3.07. The summed E-state index contributed by atoms with van der Waals surface area (Å²) in [6, 6.07) is 8.88. The second kappa shape index (κ2) is 7.05. The SMILES string of the molecule is NC(=O)c1cc(C2CCCCN2C(=O)Cc2ccccc2Cl)[nH]n1. The van der Waals surface area contributed by atoms with Crippen molar-refractivity contribution in [1.29, 1.82) is 0 Å². The minimum absolute atomic E-state index is 0.0167. The molecule has 6 nitrogen and oxygen atoms in total. The number of nitrogens with one attached hydrogen (secondary N) is 1. The molecule has 126 valence electrons. The molecule has 7 heteroatoms. The highest BCUT2D eigenvalue weighted by Crippen LogP contribution is 2.31. The second-order valence-electron chi connectivity index (χ2n) is 5.94. The Hall–Kier alpha value is -2.34. The van der Waals surface area contributed by atoms with Gasteiger partial charge in [0.1, 0.15) is 5.69 Å². The van der Waals surface area contributed by atoms with Crippen molar-refractivity contribution in [2.75, 3.05) is 6.54 Å². The summed E-state index contributed by atoms with van der Waals surface area (Å²) in [5.41, 5.74) is 7.00. The molecule has 24 heavy (non-hydrogen) atoms. The fourth-order valence-electron chi connectivity index (χ4n) is 3.09. The Morgan fingerprint density at radius 2 is 2.12 bits per heavy atom. The molecule has 0 spiro atoms. The summed E-state index contributed by atoms with van der Waals surface area (Å²) in [6.45, 7) is 0.679. The lowest BCUT2D eigenvalue weighted by atomic mass is 9.98. The number of aromatic amines is 1. The number of H-pyrrole nitrogens is 1. The van der Waals surface area contributed by atoms with Crippen LogP contribution in [-0.2, 0) is 11.2 Å². The number of carbonyl (C=O) groups excluding carboxylic acids is 2. The molecule has 1 saturated heterocycles. The first-order chi connectivity index (χ1) is 11.6. The number of nitrogens with two attached hydrogens (primary N) is 1. The normalized spacial score (nSPS) is 17.7. The fourth-order valence-corrected chi connectivity index (χ4v) is 3.30. The van der Waals surface area contributed by atoms with E-state index in [0.29, 0.717) is 11.6 Å². The number of hydrogen-bond acceptors (Lipinski definition) is 3. The standard InChI is InChI=1S/C17H19ClN4O2/c18-12-6-2-1-5-11(12)9-16(23)22-8-4-3-7-15(22)13-10-14(17(19)24)21-20-13/h1-2,5-6,10,15H,3-4,7-9H2,(H2,19,24)(H,20,21). The molecule has 0 saturated carbocycles. The van der Waals surface area contributed by atoms with Crippen molar-refractivity contribution in [2.24, 2.45) is 5.73 Å². The number of rotatable bonds is 4. The van der Waals surface area contributed by atoms with Crippen LogP contribution >= 0.6 is 11.6 Å². The summed E-state index contributed by atoms with van der Waals surface area (Å²) in [5.74, 6) is -0.565. The molecule has 0 aliphatic carbocycles. The zero-order chi connectivity index (χ0) is 17.1. The summed E-state index contributed by atoms with van der Waals surface area (Å²) in [7, 11) is 0. The predicted molar refractivity (Wildman–Crippen MR) is 90.6 cm³/mol. The molecule has 3 rings (SSSR count). The Balaban J connectivity index is 1.79. The van der Waals surface area contributed by atoms with Crippen molar-refractivity contribution in [2.45, 2.75) is 31.7 Å². The number of nitrogens with zero attached hydrogens (tertiary/aromatic N) is 2. The Bertz CT molecular complexity index is 759. The van der Waals surface area contributed by atoms with Gasteiger partial charge >= 0.3 is 0 Å². The molecule has 1 atom stereocenters. The first kappa shape index (κ1) is 16.5. The van der Waals surface area contributed by atoms with Crippen molar-refractivity contribution >= 4 is 23.4 Å². The third-order valence-corrected chi connectivity index (χ3v) is 4.70. The molecule has 1 fully saturated rings. The van der Waals surface area contributed by atoms with Gasteiger partial charge in [-0.3, -0.25) is 14.7 Å². The molecule has 2 amide bonds. The van der Waals surface area contributed by atoms with E-state index in [2.05, 4.69) is 10.2 Å². The number of halogens is 1. The van der Waals surface area contributed by atoms with Gasteiger partial charge in [-0.25, -0.2) is 0 Å². The summed E-state index contributed by atoms with van der Waals surface area (Å²) < 4.78 is 0. The molecule has 1 aliphatic heterocycles. The van der Waals surface area contributed by atoms with Gasteiger partial charge in [0.2, 0.25) is 5.91 Å². The smallest absolute Gasteiger partial charge is 0.269 e. The zero-order valence-electron chi connectivity index (χ0n) is 13.2. The van der Waals surface area contributed by atoms with Crippen molar-refractivity contribution in [3.8, 4) is 0 Å². The Morgan fingerprint density at radius 3 is 2.83 bits per heavy atom. The van der Waals surface area contributed by atoms with Crippen molar-refractivity contribution in [3.05, 3.63) is 52.3 Å². The Labute approximate surface area is 145 Å². The van der Waals surface area contributed by atoms with E-state index in [-0.39, 0.29) is 24.1 Å². The highest BCUT2D eigenvalue weighted by molar-refractivity contribution is 6.31. The number of carbonyl (C=O) groups is 2. The van der Waals surface area contributed by atoms with E-state index in [1.54, 1.807) is 12.1 Å². The van der Waals surface area contributed by atoms with Crippen LogP contribution in [-0.4, -0.2) is 33.5 Å². The van der Waals surface area contributed by atoms with E-state index in [0.717, 1.165) is 30.5 Å². The molecule has 1 aromatic carbocycles. The lowest BCUT2D eigenvalue weighted by molar-refractivity contribution is -0.134. The number of likely N-dealkylation sites (tertiary alicyclic amines) is 1. The molecule has 0 radical (unpaired) electrons. The average molecular weight is 347 g/mol. The van der Waals surface area contributed by atoms with Gasteiger partial charge in [-0.15, -0.1) is 0 Å². The van der Waals surface area contributed by atoms with E-state index in [1.165, 1.54) is 0 Å². The molecule has 1 aromatic heterocycles. The van der Waals surface area contributed by atoms with Gasteiger partial charge in [0.05, 0.1) is 18.2 Å². The number of hydrogen-bond donors (Lipinski definition) is 2. The molecule has 0 bridgehead atoms. The quantitative estimate of drug-likeness (QED) is 0.890. The maximum Gasteiger partial charge on any atom is 0.269 e. The van der Waals surface area contributed by atoms with E-state index in [4.69, 9.17) is 17.3 Å². The van der Waals surface area contributed by atoms with E-state index in [1.807, 2.05) is 23.1 Å². The van der Waals surface area contributed by atoms with Gasteiger partial charge in [0.25, 0.3) is 5.91 Å². The van der Waals surface area contributed by atoms with Crippen LogP contribution in [0.1, 0.15) is 47.1 Å². The highest BCUT2D eigenvalue weighted by atomic mass is 35.5. The van der Waals surface area contributed by atoms with Gasteiger partial charge in [0.15, 0.2) is 0 Å². The molecule has 3 N–H and O–H groups in total. The van der Waals surface area contributed by atoms with Crippen molar-refractivity contribution in [3.63, 3.8) is 0 Å². The van der Waals surface area contributed by atoms with E-state index >= 15 is 0 Å². The van der Waals surface area contributed by atoms with Gasteiger partial charge in [-0.1, -0.05) is 29.8 Å². The van der Waals surface area contributed by atoms with Gasteiger partial charge in [-0.05, 0) is 37.0 Å². The summed E-state index contributed by atoms with van der Waals surface area (Å²) in [5, 5.41) is 7.36. The largest absolute Gasteiger partial charge is 0.364 e. The monoisotopic (exact) mass is 346 g/mol. The number of benzene rings is 1. The third-order valence-electron chi connectivity index (χ3n) is 4.33. The number of amides is 2. The van der Waals surface area contributed by atoms with E-state index in [9.17, 15) is 9.59 Å². The number of primary amides is 1. The molecule has 2 heterocycles. The molecule has 2 aromatic rings. The van der Waals surface area contributed by atoms with Crippen molar-refractivity contribution in [1.82, 2.24) is 15.1 Å². The van der Waals surface area contributed by atoms with Crippen LogP contribution in [0.2, 0.25) is 5.02 Å². The van der Waals surface area contributed by atoms with Crippen LogP contribution in [0.5, 0.6) is 0 Å². The summed E-state index contributed by atoms with van der Waals surface area (Å²) in [6.07, 6.45) is 3.06. The minimum atomic E-state index is -0.581. The van der Waals surface area contributed by atoms with Crippen LogP contribution in [0.3, 0.4) is 0 Å². The topological polar surface area (TPSA) is 92.1 Å². The molecular formula is C17H19ClN4O2. The fraction of sp³-hybridized carbons (Fsp3) is 0.353. The first-order valence-corrected chi connectivity index (χ1v) is 8.32.